The molecule has 1 fully saturated rings. The van der Waals surface area contributed by atoms with Crippen LogP contribution in [0.5, 0.6) is 0 Å². The molecule has 0 spiro atoms. The number of hydrogen-bond acceptors (Lipinski definition) is 1. The van der Waals surface area contributed by atoms with E-state index in [0.717, 1.165) is 37.5 Å². The maximum absolute atomic E-state index is 13.2. The van der Waals surface area contributed by atoms with Crippen molar-refractivity contribution in [3.05, 3.63) is 35.4 Å². The van der Waals surface area contributed by atoms with Crippen LogP contribution in [0.3, 0.4) is 0 Å². The molecule has 1 aliphatic rings. The lowest BCUT2D eigenvalue weighted by Crippen LogP contribution is -2.23. The summed E-state index contributed by atoms with van der Waals surface area (Å²) in [6, 6.07) is 3.23. The molecular formula is C12H12F2O. The first kappa shape index (κ1) is 10.3. The normalized spacial score (nSPS) is 16.1. The van der Waals surface area contributed by atoms with Crippen molar-refractivity contribution >= 4 is 5.78 Å². The molecule has 0 bridgehead atoms. The highest BCUT2D eigenvalue weighted by molar-refractivity contribution is 5.83. The molecule has 15 heavy (non-hydrogen) atoms. The van der Waals surface area contributed by atoms with Gasteiger partial charge in [0.2, 0.25) is 0 Å². The van der Waals surface area contributed by atoms with Gasteiger partial charge in [-0.2, -0.15) is 0 Å². The second-order valence-corrected chi connectivity index (χ2v) is 4.01. The zero-order valence-electron chi connectivity index (χ0n) is 8.30. The Morgan fingerprint density at radius 1 is 1.33 bits per heavy atom. The molecule has 80 valence electrons. The van der Waals surface area contributed by atoms with Crippen LogP contribution in [0.4, 0.5) is 8.78 Å². The Morgan fingerprint density at radius 3 is 2.67 bits per heavy atom. The monoisotopic (exact) mass is 210 g/mol. The van der Waals surface area contributed by atoms with Crippen LogP contribution in [0.15, 0.2) is 18.2 Å². The first-order chi connectivity index (χ1) is 7.16. The standard InChI is InChI=1S/C12H12F2O/c13-10-4-5-11(14)9(6-10)7-12(15)8-2-1-3-8/h4-6,8H,1-3,7H2. The van der Waals surface area contributed by atoms with E-state index in [1.54, 1.807) is 0 Å². The van der Waals surface area contributed by atoms with Gasteiger partial charge in [-0.15, -0.1) is 0 Å². The zero-order chi connectivity index (χ0) is 10.8. The van der Waals surface area contributed by atoms with Gasteiger partial charge in [-0.1, -0.05) is 6.42 Å². The fourth-order valence-electron chi connectivity index (χ4n) is 1.74. The van der Waals surface area contributed by atoms with E-state index in [4.69, 9.17) is 0 Å². The molecular weight excluding hydrogens is 198 g/mol. The van der Waals surface area contributed by atoms with Gasteiger partial charge in [-0.3, -0.25) is 4.79 Å². The highest BCUT2D eigenvalue weighted by Gasteiger charge is 2.25. The highest BCUT2D eigenvalue weighted by Crippen LogP contribution is 2.28. The second-order valence-electron chi connectivity index (χ2n) is 4.01. The lowest BCUT2D eigenvalue weighted by molar-refractivity contribution is -0.124. The Morgan fingerprint density at radius 2 is 2.07 bits per heavy atom. The van der Waals surface area contributed by atoms with Gasteiger partial charge in [-0.05, 0) is 36.6 Å². The maximum Gasteiger partial charge on any atom is 0.140 e. The summed E-state index contributed by atoms with van der Waals surface area (Å²) in [4.78, 5) is 11.6. The summed E-state index contributed by atoms with van der Waals surface area (Å²) in [5, 5.41) is 0. The Labute approximate surface area is 87.1 Å². The van der Waals surface area contributed by atoms with Crippen molar-refractivity contribution < 1.29 is 13.6 Å². The molecule has 0 aliphatic heterocycles. The van der Waals surface area contributed by atoms with E-state index in [0.29, 0.717) is 0 Å². The third-order valence-corrected chi connectivity index (χ3v) is 2.93. The Hall–Kier alpha value is -1.25. The fraction of sp³-hybridized carbons (Fsp3) is 0.417. The number of hydrogen-bond donors (Lipinski definition) is 0. The largest absolute Gasteiger partial charge is 0.299 e. The summed E-state index contributed by atoms with van der Waals surface area (Å²) in [7, 11) is 0. The van der Waals surface area contributed by atoms with Crippen LogP contribution in [0.25, 0.3) is 0 Å². The van der Waals surface area contributed by atoms with Crippen LogP contribution >= 0.6 is 0 Å². The third kappa shape index (κ3) is 2.22. The van der Waals surface area contributed by atoms with Crippen molar-refractivity contribution in [1.82, 2.24) is 0 Å². The fourth-order valence-corrected chi connectivity index (χ4v) is 1.74. The number of ketones is 1. The predicted octanol–water partition coefficient (Wildman–Crippen LogP) is 2.88. The lowest BCUT2D eigenvalue weighted by Gasteiger charge is -2.23. The molecule has 0 heterocycles. The molecule has 2 rings (SSSR count). The molecule has 0 amide bonds. The van der Waals surface area contributed by atoms with Crippen LogP contribution in [0.2, 0.25) is 0 Å². The van der Waals surface area contributed by atoms with Gasteiger partial charge in [0, 0.05) is 12.3 Å². The van der Waals surface area contributed by atoms with Crippen molar-refractivity contribution in [2.75, 3.05) is 0 Å². The number of rotatable bonds is 3. The quantitative estimate of drug-likeness (QED) is 0.749. The second kappa shape index (κ2) is 4.09. The summed E-state index contributed by atoms with van der Waals surface area (Å²) in [6.45, 7) is 0. The maximum atomic E-state index is 13.2. The number of benzene rings is 1. The summed E-state index contributed by atoms with van der Waals surface area (Å²) in [5.41, 5.74) is 0.173. The lowest BCUT2D eigenvalue weighted by atomic mass is 9.80. The Kier molecular flexibility index (Phi) is 2.80. The van der Waals surface area contributed by atoms with Crippen LogP contribution in [-0.4, -0.2) is 5.78 Å². The average molecular weight is 210 g/mol. The van der Waals surface area contributed by atoms with E-state index in [-0.39, 0.29) is 23.7 Å². The molecule has 0 atom stereocenters. The van der Waals surface area contributed by atoms with E-state index >= 15 is 0 Å². The number of carbonyl (C=O) groups excluding carboxylic acids is 1. The van der Waals surface area contributed by atoms with Crippen LogP contribution in [0, 0.1) is 17.6 Å². The zero-order valence-corrected chi connectivity index (χ0v) is 8.30. The molecule has 0 saturated heterocycles. The van der Waals surface area contributed by atoms with Crippen molar-refractivity contribution in [2.24, 2.45) is 5.92 Å². The minimum atomic E-state index is -0.496. The van der Waals surface area contributed by atoms with Gasteiger partial charge in [0.05, 0.1) is 0 Å². The molecule has 1 aromatic carbocycles. The van der Waals surface area contributed by atoms with E-state index in [2.05, 4.69) is 0 Å². The molecule has 1 nitrogen and oxygen atoms in total. The molecule has 0 N–H and O–H groups in total. The molecule has 0 unspecified atom stereocenters. The first-order valence-corrected chi connectivity index (χ1v) is 5.13. The van der Waals surface area contributed by atoms with Gasteiger partial charge in [0.25, 0.3) is 0 Å². The topological polar surface area (TPSA) is 17.1 Å². The first-order valence-electron chi connectivity index (χ1n) is 5.13. The van der Waals surface area contributed by atoms with Crippen molar-refractivity contribution in [3.8, 4) is 0 Å². The Bertz CT molecular complexity index is 383. The summed E-state index contributed by atoms with van der Waals surface area (Å²) in [6.07, 6.45) is 2.89. The molecule has 0 aromatic heterocycles. The van der Waals surface area contributed by atoms with Crippen molar-refractivity contribution in [1.29, 1.82) is 0 Å². The highest BCUT2D eigenvalue weighted by atomic mass is 19.1. The van der Waals surface area contributed by atoms with Gasteiger partial charge in [0.1, 0.15) is 17.4 Å². The van der Waals surface area contributed by atoms with E-state index in [9.17, 15) is 13.6 Å². The summed E-state index contributed by atoms with van der Waals surface area (Å²) in [5.74, 6) is -0.879. The van der Waals surface area contributed by atoms with Gasteiger partial charge < -0.3 is 0 Å². The Balaban J connectivity index is 2.09. The predicted molar refractivity (Wildman–Crippen MR) is 52.4 cm³/mol. The van der Waals surface area contributed by atoms with Gasteiger partial charge >= 0.3 is 0 Å². The third-order valence-electron chi connectivity index (χ3n) is 2.93. The molecule has 0 radical (unpaired) electrons. The van der Waals surface area contributed by atoms with Crippen LogP contribution in [0.1, 0.15) is 24.8 Å². The minimum absolute atomic E-state index is 0.0221. The van der Waals surface area contributed by atoms with Crippen molar-refractivity contribution in [3.63, 3.8) is 0 Å². The van der Waals surface area contributed by atoms with Crippen LogP contribution < -0.4 is 0 Å². The van der Waals surface area contributed by atoms with E-state index < -0.39 is 11.6 Å². The summed E-state index contributed by atoms with van der Waals surface area (Å²) >= 11 is 0. The van der Waals surface area contributed by atoms with Gasteiger partial charge in [0.15, 0.2) is 0 Å². The number of carbonyl (C=O) groups is 1. The molecule has 3 heteroatoms. The SMILES string of the molecule is O=C(Cc1cc(F)ccc1F)C1CCC1. The van der Waals surface area contributed by atoms with Crippen molar-refractivity contribution in [2.45, 2.75) is 25.7 Å². The molecule has 1 aromatic rings. The number of Topliss-reactive ketones (excluding diaryl/α,β-unsaturated/α-hetero) is 1. The van der Waals surface area contributed by atoms with Crippen LogP contribution in [-0.2, 0) is 11.2 Å². The van der Waals surface area contributed by atoms with E-state index in [1.807, 2.05) is 0 Å². The van der Waals surface area contributed by atoms with Gasteiger partial charge in [-0.25, -0.2) is 8.78 Å². The summed E-state index contributed by atoms with van der Waals surface area (Å²) < 4.78 is 26.0. The van der Waals surface area contributed by atoms with E-state index in [1.165, 1.54) is 0 Å². The molecule has 1 saturated carbocycles. The smallest absolute Gasteiger partial charge is 0.140 e. The number of halogens is 2. The minimum Gasteiger partial charge on any atom is -0.299 e. The molecule has 1 aliphatic carbocycles. The average Bonchev–Trinajstić information content (AvgIpc) is 2.08.